The number of allylic oxidation sites excluding steroid dienone is 1. The Kier molecular flexibility index (Phi) is 4.67. The van der Waals surface area contributed by atoms with Gasteiger partial charge < -0.3 is 5.11 Å². The van der Waals surface area contributed by atoms with Gasteiger partial charge in [0.2, 0.25) is 0 Å². The number of hydrogen-bond donors (Lipinski definition) is 1. The summed E-state index contributed by atoms with van der Waals surface area (Å²) in [7, 11) is 0. The van der Waals surface area contributed by atoms with E-state index >= 15 is 0 Å². The molecule has 0 fully saturated rings. The van der Waals surface area contributed by atoms with Crippen molar-refractivity contribution in [2.75, 3.05) is 0 Å². The van der Waals surface area contributed by atoms with E-state index in [1.807, 2.05) is 0 Å². The molecule has 0 amide bonds. The van der Waals surface area contributed by atoms with Gasteiger partial charge in [-0.05, 0) is 26.2 Å². The summed E-state index contributed by atoms with van der Waals surface area (Å²) in [5.41, 5.74) is 0. The summed E-state index contributed by atoms with van der Waals surface area (Å²) in [6, 6.07) is 0. The molecule has 0 aliphatic heterocycles. The molecule has 0 aromatic carbocycles. The van der Waals surface area contributed by atoms with Crippen LogP contribution in [-0.4, -0.2) is 11.2 Å². The maximum Gasteiger partial charge on any atom is 0.0512 e. The molecule has 0 saturated carbocycles. The van der Waals surface area contributed by atoms with Gasteiger partial charge in [-0.1, -0.05) is 12.7 Å². The van der Waals surface area contributed by atoms with E-state index in [2.05, 4.69) is 0 Å². The van der Waals surface area contributed by atoms with E-state index in [9.17, 15) is 0 Å². The van der Waals surface area contributed by atoms with Crippen molar-refractivity contribution in [3.8, 4) is 0 Å². The molecule has 47 valence electrons. The molecule has 1 atom stereocenters. The number of rotatable bonds is 4. The average molecular weight is 113 g/mol. The molecule has 0 heterocycles. The van der Waals surface area contributed by atoms with Crippen LogP contribution >= 0.6 is 0 Å². The van der Waals surface area contributed by atoms with Crippen LogP contribution in [0.25, 0.3) is 0 Å². The second-order valence-corrected chi connectivity index (χ2v) is 2.02. The van der Waals surface area contributed by atoms with Gasteiger partial charge in [-0.15, -0.1) is 0 Å². The lowest BCUT2D eigenvalue weighted by Crippen LogP contribution is -1.97. The normalized spacial score (nSPS) is 13.2. The molecule has 0 saturated heterocycles. The zero-order chi connectivity index (χ0) is 6.41. The van der Waals surface area contributed by atoms with E-state index in [1.54, 1.807) is 13.0 Å². The molecule has 0 spiro atoms. The van der Waals surface area contributed by atoms with Gasteiger partial charge >= 0.3 is 0 Å². The van der Waals surface area contributed by atoms with Crippen LogP contribution in [-0.2, 0) is 0 Å². The smallest absolute Gasteiger partial charge is 0.0512 e. The fourth-order valence-electron chi connectivity index (χ4n) is 0.531. The van der Waals surface area contributed by atoms with Crippen molar-refractivity contribution in [2.45, 2.75) is 32.3 Å². The minimum atomic E-state index is -0.171. The van der Waals surface area contributed by atoms with Crippen molar-refractivity contribution >= 4 is 0 Å². The quantitative estimate of drug-likeness (QED) is 0.548. The van der Waals surface area contributed by atoms with E-state index in [-0.39, 0.29) is 6.10 Å². The molecule has 0 aromatic rings. The largest absolute Gasteiger partial charge is 0.393 e. The predicted molar refractivity (Wildman–Crippen MR) is 34.4 cm³/mol. The van der Waals surface area contributed by atoms with Gasteiger partial charge in [0.25, 0.3) is 0 Å². The summed E-state index contributed by atoms with van der Waals surface area (Å²) in [4.78, 5) is 0. The van der Waals surface area contributed by atoms with Crippen molar-refractivity contribution < 1.29 is 5.11 Å². The molecule has 0 bridgehead atoms. The van der Waals surface area contributed by atoms with Crippen molar-refractivity contribution in [2.24, 2.45) is 0 Å². The minimum absolute atomic E-state index is 0.171. The summed E-state index contributed by atoms with van der Waals surface area (Å²) in [5.74, 6) is 0. The molecule has 1 N–H and O–H groups in total. The molecular weight excluding hydrogens is 100 g/mol. The van der Waals surface area contributed by atoms with Crippen LogP contribution in [0.2, 0.25) is 0 Å². The Morgan fingerprint density at radius 3 is 2.75 bits per heavy atom. The molecule has 1 unspecified atom stereocenters. The highest BCUT2D eigenvalue weighted by Gasteiger charge is 1.91. The molecule has 0 rings (SSSR count). The third-order valence-electron chi connectivity index (χ3n) is 0.993. The second kappa shape index (κ2) is 4.85. The summed E-state index contributed by atoms with van der Waals surface area (Å²) in [6.45, 7) is 6.90. The lowest BCUT2D eigenvalue weighted by atomic mass is 10.2. The molecule has 1 nitrogen and oxygen atoms in total. The highest BCUT2D eigenvalue weighted by molar-refractivity contribution is 4.62. The van der Waals surface area contributed by atoms with Gasteiger partial charge in [0.05, 0.1) is 6.10 Å². The molecule has 8 heavy (non-hydrogen) atoms. The van der Waals surface area contributed by atoms with E-state index in [4.69, 9.17) is 11.7 Å². The maximum atomic E-state index is 8.72. The first-order valence-corrected chi connectivity index (χ1v) is 2.99. The second-order valence-electron chi connectivity index (χ2n) is 2.02. The zero-order valence-electron chi connectivity index (χ0n) is 5.30. The van der Waals surface area contributed by atoms with Crippen LogP contribution in [0.4, 0.5) is 0 Å². The van der Waals surface area contributed by atoms with Crippen molar-refractivity contribution in [3.63, 3.8) is 0 Å². The van der Waals surface area contributed by atoms with Gasteiger partial charge in [0, 0.05) is 0 Å². The van der Waals surface area contributed by atoms with Gasteiger partial charge in [-0.25, -0.2) is 0 Å². The Hall–Kier alpha value is -0.300. The summed E-state index contributed by atoms with van der Waals surface area (Å²) < 4.78 is 0. The first kappa shape index (κ1) is 7.70. The van der Waals surface area contributed by atoms with Crippen LogP contribution in [0.5, 0.6) is 0 Å². The highest BCUT2D eigenvalue weighted by Crippen LogP contribution is 1.98. The highest BCUT2D eigenvalue weighted by atomic mass is 16.3. The van der Waals surface area contributed by atoms with Crippen LogP contribution in [0.15, 0.2) is 6.08 Å². The number of aliphatic hydroxyl groups excluding tert-OH is 1. The lowest BCUT2D eigenvalue weighted by molar-refractivity contribution is 0.182. The summed E-state index contributed by atoms with van der Waals surface area (Å²) in [5, 5.41) is 8.72. The Morgan fingerprint density at radius 1 is 1.75 bits per heavy atom. The number of unbranched alkanes of at least 4 members (excludes halogenated alkanes) is 1. The van der Waals surface area contributed by atoms with E-state index in [0.717, 1.165) is 19.3 Å². The van der Waals surface area contributed by atoms with E-state index in [1.165, 1.54) is 0 Å². The van der Waals surface area contributed by atoms with Crippen molar-refractivity contribution in [1.29, 1.82) is 0 Å². The standard InChI is InChI=1S/C7H13O/c1-3-4-5-6-7(2)8/h1,3,7-8H,4-6H2,2H3. The molecule has 1 radical (unpaired) electrons. The van der Waals surface area contributed by atoms with Crippen LogP contribution < -0.4 is 0 Å². The number of aliphatic hydroxyl groups is 1. The Balaban J connectivity index is 2.81. The van der Waals surface area contributed by atoms with Gasteiger partial charge in [0.1, 0.15) is 0 Å². The van der Waals surface area contributed by atoms with Crippen LogP contribution in [0.3, 0.4) is 0 Å². The van der Waals surface area contributed by atoms with Crippen LogP contribution in [0.1, 0.15) is 26.2 Å². The number of hydrogen-bond acceptors (Lipinski definition) is 1. The average Bonchev–Trinajstić information content (AvgIpc) is 1.66. The first-order valence-electron chi connectivity index (χ1n) is 2.99. The fraction of sp³-hybridized carbons (Fsp3) is 0.714. The van der Waals surface area contributed by atoms with Gasteiger partial charge in [0.15, 0.2) is 0 Å². The molecular formula is C7H13O. The molecule has 0 aliphatic carbocycles. The zero-order valence-corrected chi connectivity index (χ0v) is 5.30. The van der Waals surface area contributed by atoms with Crippen LogP contribution in [0, 0.1) is 6.58 Å². The third-order valence-corrected chi connectivity index (χ3v) is 0.993. The maximum absolute atomic E-state index is 8.72. The monoisotopic (exact) mass is 113 g/mol. The first-order chi connectivity index (χ1) is 3.77. The van der Waals surface area contributed by atoms with Gasteiger partial charge in [-0.2, -0.15) is 0 Å². The summed E-state index contributed by atoms with van der Waals surface area (Å²) >= 11 is 0. The Labute approximate surface area is 51.0 Å². The predicted octanol–water partition coefficient (Wildman–Crippen LogP) is 1.53. The van der Waals surface area contributed by atoms with Crippen molar-refractivity contribution in [3.05, 3.63) is 12.7 Å². The molecule has 0 aliphatic rings. The van der Waals surface area contributed by atoms with Gasteiger partial charge in [-0.3, -0.25) is 0 Å². The molecule has 1 heteroatoms. The summed E-state index contributed by atoms with van der Waals surface area (Å²) in [6.07, 6.45) is 4.21. The van der Waals surface area contributed by atoms with E-state index < -0.39 is 0 Å². The Bertz CT molecular complexity index is 57.4. The van der Waals surface area contributed by atoms with E-state index in [0.29, 0.717) is 0 Å². The third kappa shape index (κ3) is 5.70. The SMILES string of the molecule is [CH]=CCCCC(C)O. The minimum Gasteiger partial charge on any atom is -0.393 e. The fourth-order valence-corrected chi connectivity index (χ4v) is 0.531. The molecule has 0 aromatic heterocycles. The van der Waals surface area contributed by atoms with Crippen molar-refractivity contribution in [1.82, 2.24) is 0 Å². The lowest BCUT2D eigenvalue weighted by Gasteiger charge is -1.98. The Morgan fingerprint density at radius 2 is 2.38 bits per heavy atom. The topological polar surface area (TPSA) is 20.2 Å².